The summed E-state index contributed by atoms with van der Waals surface area (Å²) in [5.41, 5.74) is 4.11. The summed E-state index contributed by atoms with van der Waals surface area (Å²) in [6, 6.07) is 10.9. The highest BCUT2D eigenvalue weighted by molar-refractivity contribution is 7.12. The smallest absolute Gasteiger partial charge is 0.0219 e. The normalized spacial score (nSPS) is 10.8. The van der Waals surface area contributed by atoms with Crippen molar-refractivity contribution >= 4 is 11.3 Å². The van der Waals surface area contributed by atoms with Gasteiger partial charge in [-0.2, -0.15) is 0 Å². The molecule has 17 heavy (non-hydrogen) atoms. The second-order valence-electron chi connectivity index (χ2n) is 4.53. The van der Waals surface area contributed by atoms with Crippen LogP contribution in [0.1, 0.15) is 26.4 Å². The largest absolute Gasteiger partial charge is 0.309 e. The summed E-state index contributed by atoms with van der Waals surface area (Å²) in [7, 11) is 0. The predicted molar refractivity (Wildman–Crippen MR) is 75.5 cm³/mol. The number of thiophene rings is 1. The van der Waals surface area contributed by atoms with Gasteiger partial charge in [0.05, 0.1) is 0 Å². The van der Waals surface area contributed by atoms with Crippen LogP contribution in [0.2, 0.25) is 0 Å². The third kappa shape index (κ3) is 3.42. The van der Waals surface area contributed by atoms with Gasteiger partial charge in [0.15, 0.2) is 0 Å². The minimum atomic E-state index is 0.940. The first-order valence-electron chi connectivity index (χ1n) is 5.97. The predicted octanol–water partition coefficient (Wildman–Crippen LogP) is 3.96. The molecule has 90 valence electrons. The van der Waals surface area contributed by atoms with E-state index in [4.69, 9.17) is 0 Å². The van der Waals surface area contributed by atoms with Gasteiger partial charge in [0, 0.05) is 22.8 Å². The van der Waals surface area contributed by atoms with Crippen LogP contribution in [0.4, 0.5) is 0 Å². The van der Waals surface area contributed by atoms with Crippen LogP contribution >= 0.6 is 11.3 Å². The maximum Gasteiger partial charge on any atom is 0.0219 e. The molecular formula is C15H19NS. The average Bonchev–Trinajstić information content (AvgIpc) is 2.58. The second-order valence-corrected chi connectivity index (χ2v) is 5.99. The zero-order valence-electron chi connectivity index (χ0n) is 10.7. The Kier molecular flexibility index (Phi) is 3.97. The van der Waals surface area contributed by atoms with Gasteiger partial charge in [-0.3, -0.25) is 0 Å². The first-order valence-corrected chi connectivity index (χ1v) is 6.79. The van der Waals surface area contributed by atoms with E-state index in [1.165, 1.54) is 26.4 Å². The molecule has 0 aliphatic heterocycles. The molecule has 0 aliphatic carbocycles. The second kappa shape index (κ2) is 5.48. The lowest BCUT2D eigenvalue weighted by Gasteiger charge is -2.05. The fourth-order valence-electron chi connectivity index (χ4n) is 2.02. The summed E-state index contributed by atoms with van der Waals surface area (Å²) in [5.74, 6) is 0. The molecule has 1 heterocycles. The molecular weight excluding hydrogens is 226 g/mol. The molecule has 0 saturated carbocycles. The van der Waals surface area contributed by atoms with Crippen LogP contribution in [-0.4, -0.2) is 0 Å². The van der Waals surface area contributed by atoms with E-state index in [0.717, 1.165) is 13.1 Å². The molecule has 0 unspecified atom stereocenters. The van der Waals surface area contributed by atoms with Gasteiger partial charge in [0.25, 0.3) is 0 Å². The van der Waals surface area contributed by atoms with Crippen molar-refractivity contribution in [1.82, 2.24) is 5.32 Å². The van der Waals surface area contributed by atoms with E-state index in [1.807, 2.05) is 11.3 Å². The monoisotopic (exact) mass is 245 g/mol. The lowest BCUT2D eigenvalue weighted by atomic mass is 10.1. The number of hydrogen-bond acceptors (Lipinski definition) is 2. The Hall–Kier alpha value is -1.12. The van der Waals surface area contributed by atoms with E-state index in [-0.39, 0.29) is 0 Å². The molecule has 0 atom stereocenters. The molecule has 1 nitrogen and oxygen atoms in total. The summed E-state index contributed by atoms with van der Waals surface area (Å²) in [6.07, 6.45) is 0. The Bertz CT molecular complexity index is 499. The van der Waals surface area contributed by atoms with Crippen LogP contribution < -0.4 is 5.32 Å². The molecule has 2 rings (SSSR count). The fourth-order valence-corrected chi connectivity index (χ4v) is 2.97. The highest BCUT2D eigenvalue weighted by Gasteiger charge is 2.02. The lowest BCUT2D eigenvalue weighted by molar-refractivity contribution is 0.692. The van der Waals surface area contributed by atoms with Gasteiger partial charge in [-0.1, -0.05) is 29.8 Å². The fraction of sp³-hybridized carbons (Fsp3) is 0.333. The Morgan fingerprint density at radius 1 is 1.06 bits per heavy atom. The van der Waals surface area contributed by atoms with E-state index >= 15 is 0 Å². The number of rotatable bonds is 4. The van der Waals surface area contributed by atoms with Gasteiger partial charge in [-0.05, 0) is 38.0 Å². The minimum Gasteiger partial charge on any atom is -0.309 e. The molecule has 0 bridgehead atoms. The summed E-state index contributed by atoms with van der Waals surface area (Å²) < 4.78 is 0. The van der Waals surface area contributed by atoms with Crippen LogP contribution in [0.15, 0.2) is 30.3 Å². The third-order valence-electron chi connectivity index (χ3n) is 2.87. The summed E-state index contributed by atoms with van der Waals surface area (Å²) in [6.45, 7) is 8.40. The molecule has 0 aliphatic rings. The van der Waals surface area contributed by atoms with Crippen molar-refractivity contribution in [3.8, 4) is 0 Å². The van der Waals surface area contributed by atoms with Gasteiger partial charge < -0.3 is 5.32 Å². The van der Waals surface area contributed by atoms with Crippen molar-refractivity contribution in [2.24, 2.45) is 0 Å². The zero-order chi connectivity index (χ0) is 12.3. The van der Waals surface area contributed by atoms with Crippen LogP contribution in [0.5, 0.6) is 0 Å². The van der Waals surface area contributed by atoms with Gasteiger partial charge in [-0.15, -0.1) is 11.3 Å². The summed E-state index contributed by atoms with van der Waals surface area (Å²) in [4.78, 5) is 2.83. The first kappa shape index (κ1) is 12.3. The maximum atomic E-state index is 3.51. The molecule has 2 aromatic rings. The Morgan fingerprint density at radius 3 is 2.53 bits per heavy atom. The average molecular weight is 245 g/mol. The van der Waals surface area contributed by atoms with Gasteiger partial charge >= 0.3 is 0 Å². The van der Waals surface area contributed by atoms with Gasteiger partial charge in [-0.25, -0.2) is 0 Å². The Balaban J connectivity index is 1.89. The van der Waals surface area contributed by atoms with Crippen molar-refractivity contribution in [2.45, 2.75) is 33.9 Å². The van der Waals surface area contributed by atoms with Crippen LogP contribution in [0.25, 0.3) is 0 Å². The van der Waals surface area contributed by atoms with Crippen molar-refractivity contribution in [2.75, 3.05) is 0 Å². The number of aryl methyl sites for hydroxylation is 3. The standard InChI is InChI=1S/C15H19NS/c1-11-5-4-6-14(7-11)9-16-10-15-8-12(2)17-13(15)3/h4-8,16H,9-10H2,1-3H3. The molecule has 2 heteroatoms. The molecule has 0 fully saturated rings. The number of benzene rings is 1. The number of hydrogen-bond donors (Lipinski definition) is 1. The Labute approximate surface area is 108 Å². The SMILES string of the molecule is Cc1cccc(CNCc2cc(C)sc2C)c1. The maximum absolute atomic E-state index is 3.51. The summed E-state index contributed by atoms with van der Waals surface area (Å²) in [5, 5.41) is 3.51. The highest BCUT2D eigenvalue weighted by Crippen LogP contribution is 2.20. The summed E-state index contributed by atoms with van der Waals surface area (Å²) >= 11 is 1.88. The third-order valence-corrected chi connectivity index (χ3v) is 3.88. The van der Waals surface area contributed by atoms with Crippen molar-refractivity contribution in [1.29, 1.82) is 0 Å². The van der Waals surface area contributed by atoms with E-state index in [1.54, 1.807) is 0 Å². The topological polar surface area (TPSA) is 12.0 Å². The first-order chi connectivity index (χ1) is 8.15. The van der Waals surface area contributed by atoms with Crippen LogP contribution in [0, 0.1) is 20.8 Å². The van der Waals surface area contributed by atoms with Crippen LogP contribution in [-0.2, 0) is 13.1 Å². The van der Waals surface area contributed by atoms with E-state index in [9.17, 15) is 0 Å². The zero-order valence-corrected chi connectivity index (χ0v) is 11.5. The highest BCUT2D eigenvalue weighted by atomic mass is 32.1. The molecule has 1 aromatic heterocycles. The molecule has 1 aromatic carbocycles. The van der Waals surface area contributed by atoms with E-state index in [0.29, 0.717) is 0 Å². The van der Waals surface area contributed by atoms with Crippen LogP contribution in [0.3, 0.4) is 0 Å². The van der Waals surface area contributed by atoms with Crippen molar-refractivity contribution in [3.05, 3.63) is 56.8 Å². The molecule has 0 amide bonds. The van der Waals surface area contributed by atoms with Crippen molar-refractivity contribution < 1.29 is 0 Å². The molecule has 0 radical (unpaired) electrons. The van der Waals surface area contributed by atoms with E-state index in [2.05, 4.69) is 56.4 Å². The number of nitrogens with one attached hydrogen (secondary N) is 1. The van der Waals surface area contributed by atoms with Crippen molar-refractivity contribution in [3.63, 3.8) is 0 Å². The molecule has 0 spiro atoms. The van der Waals surface area contributed by atoms with Gasteiger partial charge in [0.1, 0.15) is 0 Å². The minimum absolute atomic E-state index is 0.940. The quantitative estimate of drug-likeness (QED) is 0.859. The van der Waals surface area contributed by atoms with E-state index < -0.39 is 0 Å². The molecule has 1 N–H and O–H groups in total. The molecule has 0 saturated heterocycles. The Morgan fingerprint density at radius 2 is 1.88 bits per heavy atom. The lowest BCUT2D eigenvalue weighted by Crippen LogP contribution is -2.12. The van der Waals surface area contributed by atoms with Gasteiger partial charge in [0.2, 0.25) is 0 Å².